The molecule has 1 atom stereocenters. The first-order valence-corrected chi connectivity index (χ1v) is 13.0. The monoisotopic (exact) mass is 612 g/mol. The predicted molar refractivity (Wildman–Crippen MR) is 148 cm³/mol. The van der Waals surface area contributed by atoms with Crippen molar-refractivity contribution >= 4 is 66.7 Å². The lowest BCUT2D eigenvalue weighted by Gasteiger charge is -2.23. The van der Waals surface area contributed by atoms with E-state index >= 15 is 0 Å². The first-order valence-electron chi connectivity index (χ1n) is 11.2. The SMILES string of the molecule is CCOc1ccc2nc(N3C(=O)C(=O)/C(=C(/O)c4ccc(OC)cc4)C3c3ccc(I)cc3)sc2c1. The number of benzene rings is 3. The third kappa shape index (κ3) is 4.33. The van der Waals surface area contributed by atoms with E-state index in [1.165, 1.54) is 16.2 Å². The number of halogens is 1. The molecule has 182 valence electrons. The molecule has 1 unspecified atom stereocenters. The van der Waals surface area contributed by atoms with Gasteiger partial charge in [-0.3, -0.25) is 14.5 Å². The zero-order valence-corrected chi connectivity index (χ0v) is 22.4. The first-order chi connectivity index (χ1) is 17.4. The Morgan fingerprint density at radius 3 is 2.42 bits per heavy atom. The fourth-order valence-electron chi connectivity index (χ4n) is 4.15. The average Bonchev–Trinajstić information content (AvgIpc) is 3.42. The number of hydrogen-bond acceptors (Lipinski definition) is 7. The average molecular weight is 612 g/mol. The van der Waals surface area contributed by atoms with E-state index in [4.69, 9.17) is 9.47 Å². The zero-order chi connectivity index (χ0) is 25.4. The maximum Gasteiger partial charge on any atom is 0.301 e. The second-order valence-electron chi connectivity index (χ2n) is 8.01. The maximum absolute atomic E-state index is 13.4. The highest BCUT2D eigenvalue weighted by Crippen LogP contribution is 2.44. The maximum atomic E-state index is 13.4. The molecule has 9 heteroatoms. The fourth-order valence-corrected chi connectivity index (χ4v) is 5.53. The van der Waals surface area contributed by atoms with E-state index < -0.39 is 17.7 Å². The summed E-state index contributed by atoms with van der Waals surface area (Å²) >= 11 is 3.49. The third-order valence-corrected chi connectivity index (χ3v) is 7.60. The summed E-state index contributed by atoms with van der Waals surface area (Å²) in [6.07, 6.45) is 0. The van der Waals surface area contributed by atoms with E-state index in [1.807, 2.05) is 49.4 Å². The van der Waals surface area contributed by atoms with Crippen molar-refractivity contribution in [1.29, 1.82) is 0 Å². The number of aliphatic hydroxyl groups is 1. The number of fused-ring (bicyclic) bond motifs is 1. The van der Waals surface area contributed by atoms with Crippen molar-refractivity contribution in [3.63, 3.8) is 0 Å². The lowest BCUT2D eigenvalue weighted by atomic mass is 9.95. The molecule has 5 rings (SSSR count). The van der Waals surface area contributed by atoms with E-state index in [0.29, 0.717) is 39.9 Å². The van der Waals surface area contributed by atoms with Crippen LogP contribution in [-0.2, 0) is 9.59 Å². The number of ketones is 1. The molecular weight excluding hydrogens is 591 g/mol. The summed E-state index contributed by atoms with van der Waals surface area (Å²) in [5.74, 6) is -0.432. The van der Waals surface area contributed by atoms with Crippen molar-refractivity contribution in [3.8, 4) is 11.5 Å². The van der Waals surface area contributed by atoms with Crippen LogP contribution in [0.2, 0.25) is 0 Å². The van der Waals surface area contributed by atoms with Crippen LogP contribution in [0.3, 0.4) is 0 Å². The number of hydrogen-bond donors (Lipinski definition) is 1. The van der Waals surface area contributed by atoms with Crippen molar-refractivity contribution in [2.24, 2.45) is 0 Å². The first kappa shape index (κ1) is 24.3. The van der Waals surface area contributed by atoms with Gasteiger partial charge in [0.15, 0.2) is 5.13 Å². The Hall–Kier alpha value is -3.44. The summed E-state index contributed by atoms with van der Waals surface area (Å²) in [6.45, 7) is 2.44. The van der Waals surface area contributed by atoms with Crippen LogP contribution in [0.4, 0.5) is 5.13 Å². The third-order valence-electron chi connectivity index (χ3n) is 5.86. The van der Waals surface area contributed by atoms with Gasteiger partial charge in [-0.25, -0.2) is 4.98 Å². The molecule has 0 radical (unpaired) electrons. The van der Waals surface area contributed by atoms with Crippen molar-refractivity contribution in [3.05, 3.63) is 87.0 Å². The molecule has 0 saturated carbocycles. The number of methoxy groups -OCH3 is 1. The number of aromatic nitrogens is 1. The highest BCUT2D eigenvalue weighted by molar-refractivity contribution is 14.1. The largest absolute Gasteiger partial charge is 0.507 e. The molecule has 1 aliphatic heterocycles. The minimum Gasteiger partial charge on any atom is -0.507 e. The Bertz CT molecular complexity index is 1500. The van der Waals surface area contributed by atoms with Crippen LogP contribution >= 0.6 is 33.9 Å². The molecule has 2 heterocycles. The molecule has 0 aliphatic carbocycles. The number of carbonyl (C=O) groups excluding carboxylic acids is 2. The summed E-state index contributed by atoms with van der Waals surface area (Å²) in [7, 11) is 1.55. The van der Waals surface area contributed by atoms with Crippen LogP contribution in [0.25, 0.3) is 16.0 Å². The Balaban J connectivity index is 1.67. The highest BCUT2D eigenvalue weighted by Gasteiger charge is 2.48. The van der Waals surface area contributed by atoms with Crippen LogP contribution in [-0.4, -0.2) is 35.5 Å². The van der Waals surface area contributed by atoms with E-state index in [9.17, 15) is 14.7 Å². The van der Waals surface area contributed by atoms with Gasteiger partial charge >= 0.3 is 5.91 Å². The molecular formula is C27H21IN2O5S. The number of aliphatic hydroxyl groups excluding tert-OH is 1. The Morgan fingerprint density at radius 1 is 1.06 bits per heavy atom. The summed E-state index contributed by atoms with van der Waals surface area (Å²) in [6, 6.07) is 18.9. The highest BCUT2D eigenvalue weighted by atomic mass is 127. The molecule has 0 spiro atoms. The number of Topliss-reactive ketones (excluding diaryl/α,β-unsaturated/α-hetero) is 1. The smallest absolute Gasteiger partial charge is 0.301 e. The summed E-state index contributed by atoms with van der Waals surface area (Å²) in [5.41, 5.74) is 1.81. The van der Waals surface area contributed by atoms with Crippen LogP contribution < -0.4 is 14.4 Å². The van der Waals surface area contributed by atoms with Crippen LogP contribution in [0, 0.1) is 3.57 Å². The lowest BCUT2D eigenvalue weighted by molar-refractivity contribution is -0.132. The number of thiazole rings is 1. The van der Waals surface area contributed by atoms with Gasteiger partial charge in [-0.1, -0.05) is 23.5 Å². The predicted octanol–water partition coefficient (Wildman–Crippen LogP) is 5.93. The minimum absolute atomic E-state index is 0.0145. The van der Waals surface area contributed by atoms with Gasteiger partial charge in [0.1, 0.15) is 17.3 Å². The van der Waals surface area contributed by atoms with Gasteiger partial charge < -0.3 is 14.6 Å². The minimum atomic E-state index is -0.837. The second kappa shape index (κ2) is 9.90. The number of rotatable bonds is 6. The van der Waals surface area contributed by atoms with Crippen molar-refractivity contribution in [1.82, 2.24) is 4.98 Å². The van der Waals surface area contributed by atoms with Gasteiger partial charge in [0.05, 0.1) is 35.5 Å². The number of ether oxygens (including phenoxy) is 2. The molecule has 1 fully saturated rings. The second-order valence-corrected chi connectivity index (χ2v) is 10.3. The van der Waals surface area contributed by atoms with E-state index in [2.05, 4.69) is 27.6 Å². The molecule has 36 heavy (non-hydrogen) atoms. The topological polar surface area (TPSA) is 89.0 Å². The van der Waals surface area contributed by atoms with E-state index in [1.54, 1.807) is 31.4 Å². The molecule has 1 N–H and O–H groups in total. The molecule has 3 aromatic carbocycles. The molecule has 1 saturated heterocycles. The summed E-state index contributed by atoms with van der Waals surface area (Å²) in [5, 5.41) is 11.6. The zero-order valence-electron chi connectivity index (χ0n) is 19.4. The van der Waals surface area contributed by atoms with Crippen LogP contribution in [0.5, 0.6) is 11.5 Å². The quantitative estimate of drug-likeness (QED) is 0.126. The van der Waals surface area contributed by atoms with Crippen LogP contribution in [0.15, 0.2) is 72.3 Å². The summed E-state index contributed by atoms with van der Waals surface area (Å²) in [4.78, 5) is 32.8. The Kier molecular flexibility index (Phi) is 6.67. The molecule has 1 aliphatic rings. The molecule has 1 amide bonds. The standard InChI is InChI=1S/C27H21IN2O5S/c1-3-35-19-12-13-20-21(14-19)36-27(29-20)30-23(15-4-8-17(28)9-5-15)22(25(32)26(30)33)24(31)16-6-10-18(34-2)11-7-16/h4-14,23,31H,3H2,1-2H3/b24-22+. The lowest BCUT2D eigenvalue weighted by Crippen LogP contribution is -2.29. The normalized spacial score (nSPS) is 17.1. The number of amides is 1. The molecule has 0 bridgehead atoms. The van der Waals surface area contributed by atoms with Crippen LogP contribution in [0.1, 0.15) is 24.1 Å². The van der Waals surface area contributed by atoms with E-state index in [-0.39, 0.29) is 11.3 Å². The van der Waals surface area contributed by atoms with Crippen molar-refractivity contribution < 1.29 is 24.2 Å². The van der Waals surface area contributed by atoms with Gasteiger partial charge in [0.2, 0.25) is 0 Å². The Labute approximate surface area is 225 Å². The van der Waals surface area contributed by atoms with Crippen molar-refractivity contribution in [2.45, 2.75) is 13.0 Å². The molecule has 1 aromatic heterocycles. The summed E-state index contributed by atoms with van der Waals surface area (Å²) < 4.78 is 12.6. The number of anilines is 1. The van der Waals surface area contributed by atoms with Gasteiger partial charge in [0.25, 0.3) is 5.78 Å². The Morgan fingerprint density at radius 2 is 1.75 bits per heavy atom. The van der Waals surface area contributed by atoms with Gasteiger partial charge in [-0.05, 0) is 89.7 Å². The molecule has 4 aromatic rings. The van der Waals surface area contributed by atoms with Gasteiger partial charge in [-0.15, -0.1) is 0 Å². The van der Waals surface area contributed by atoms with Gasteiger partial charge in [-0.2, -0.15) is 0 Å². The van der Waals surface area contributed by atoms with Crippen molar-refractivity contribution in [2.75, 3.05) is 18.6 Å². The molecule has 7 nitrogen and oxygen atoms in total. The fraction of sp³-hybridized carbons (Fsp3) is 0.148. The number of nitrogens with zero attached hydrogens (tertiary/aromatic N) is 2. The van der Waals surface area contributed by atoms with Gasteiger partial charge in [0, 0.05) is 9.13 Å². The van der Waals surface area contributed by atoms with E-state index in [0.717, 1.165) is 8.27 Å². The number of carbonyl (C=O) groups is 2.